The van der Waals surface area contributed by atoms with Gasteiger partial charge in [0.25, 0.3) is 0 Å². The minimum Gasteiger partial charge on any atom is -0.400 e. The Bertz CT molecular complexity index is 570. The monoisotopic (exact) mass is 282 g/mol. The Balaban J connectivity index is 0.000000510. The van der Waals surface area contributed by atoms with Crippen molar-refractivity contribution in [2.45, 2.75) is 33.1 Å². The topological polar surface area (TPSA) is 20.2 Å². The third kappa shape index (κ3) is 4.30. The third-order valence-corrected chi connectivity index (χ3v) is 3.55. The fraction of sp³-hybridized carbons (Fsp3) is 0.300. The van der Waals surface area contributed by atoms with Crippen LogP contribution in [0.1, 0.15) is 48.9 Å². The van der Waals surface area contributed by atoms with Gasteiger partial charge in [-0.3, -0.25) is 0 Å². The van der Waals surface area contributed by atoms with Gasteiger partial charge in [0.1, 0.15) is 0 Å². The second-order valence-electron chi connectivity index (χ2n) is 4.77. The van der Waals surface area contributed by atoms with Crippen LogP contribution in [-0.2, 0) is 6.42 Å². The molecule has 0 bridgehead atoms. The van der Waals surface area contributed by atoms with Crippen molar-refractivity contribution in [3.8, 4) is 0 Å². The Kier molecular flexibility index (Phi) is 7.49. The third-order valence-electron chi connectivity index (χ3n) is 3.55. The lowest BCUT2D eigenvalue weighted by molar-refractivity contribution is 0.399. The molecule has 0 saturated heterocycles. The molecule has 0 aromatic heterocycles. The molecule has 0 heterocycles. The van der Waals surface area contributed by atoms with Crippen molar-refractivity contribution in [1.82, 2.24) is 0 Å². The lowest BCUT2D eigenvalue weighted by Crippen LogP contribution is -2.03. The predicted molar refractivity (Wildman–Crippen MR) is 93.4 cm³/mol. The van der Waals surface area contributed by atoms with Gasteiger partial charge in [0, 0.05) is 7.11 Å². The fourth-order valence-corrected chi connectivity index (χ4v) is 2.61. The van der Waals surface area contributed by atoms with Crippen LogP contribution in [0.25, 0.3) is 12.2 Å². The molecule has 1 unspecified atom stereocenters. The number of hydrogen-bond donors (Lipinski definition) is 1. The van der Waals surface area contributed by atoms with E-state index in [0.29, 0.717) is 5.92 Å². The SMILES string of the molecule is CC.CC1Cc2ccccc2/C=C\c2ccccc21.CO. The highest BCUT2D eigenvalue weighted by Crippen LogP contribution is 2.29. The van der Waals surface area contributed by atoms with Gasteiger partial charge < -0.3 is 5.11 Å². The summed E-state index contributed by atoms with van der Waals surface area (Å²) in [5.41, 5.74) is 5.62. The first kappa shape index (κ1) is 17.2. The van der Waals surface area contributed by atoms with E-state index in [0.717, 1.165) is 13.5 Å². The van der Waals surface area contributed by atoms with Crippen LogP contribution >= 0.6 is 0 Å². The van der Waals surface area contributed by atoms with E-state index in [-0.39, 0.29) is 0 Å². The average Bonchev–Trinajstić information content (AvgIpc) is 2.56. The summed E-state index contributed by atoms with van der Waals surface area (Å²) in [6.45, 7) is 6.31. The molecule has 1 atom stereocenters. The zero-order chi connectivity index (χ0) is 15.7. The maximum Gasteiger partial charge on any atom is 0.0319 e. The van der Waals surface area contributed by atoms with Crippen molar-refractivity contribution in [1.29, 1.82) is 0 Å². The van der Waals surface area contributed by atoms with E-state index in [2.05, 4.69) is 67.6 Å². The van der Waals surface area contributed by atoms with Gasteiger partial charge in [-0.25, -0.2) is 0 Å². The summed E-state index contributed by atoms with van der Waals surface area (Å²) in [5.74, 6) is 0.581. The molecule has 21 heavy (non-hydrogen) atoms. The Morgan fingerprint density at radius 2 is 1.33 bits per heavy atom. The first-order valence-electron chi connectivity index (χ1n) is 7.64. The zero-order valence-electron chi connectivity index (χ0n) is 13.5. The van der Waals surface area contributed by atoms with E-state index in [1.54, 1.807) is 0 Å². The van der Waals surface area contributed by atoms with E-state index < -0.39 is 0 Å². The minimum atomic E-state index is 0.581. The number of aliphatic hydroxyl groups is 1. The van der Waals surface area contributed by atoms with Crippen LogP contribution in [0, 0.1) is 0 Å². The molecule has 0 amide bonds. The quantitative estimate of drug-likeness (QED) is 0.708. The van der Waals surface area contributed by atoms with Gasteiger partial charge in [-0.15, -0.1) is 0 Å². The Morgan fingerprint density at radius 1 is 0.810 bits per heavy atom. The summed E-state index contributed by atoms with van der Waals surface area (Å²) in [7, 11) is 1.00. The highest BCUT2D eigenvalue weighted by molar-refractivity contribution is 5.73. The van der Waals surface area contributed by atoms with Crippen LogP contribution in [0.4, 0.5) is 0 Å². The first-order chi connectivity index (χ1) is 10.3. The smallest absolute Gasteiger partial charge is 0.0319 e. The van der Waals surface area contributed by atoms with Gasteiger partial charge in [-0.1, -0.05) is 81.5 Å². The fourth-order valence-electron chi connectivity index (χ4n) is 2.61. The van der Waals surface area contributed by atoms with Crippen LogP contribution in [0.5, 0.6) is 0 Å². The van der Waals surface area contributed by atoms with E-state index in [9.17, 15) is 0 Å². The van der Waals surface area contributed by atoms with Crippen LogP contribution in [0.2, 0.25) is 0 Å². The van der Waals surface area contributed by atoms with Crippen molar-refractivity contribution in [2.75, 3.05) is 7.11 Å². The molecular weight excluding hydrogens is 256 g/mol. The Labute approximate surface area is 129 Å². The molecule has 0 spiro atoms. The standard InChI is InChI=1S/C17H16.C2H6.CH4O/c1-13-12-16-8-3-2-6-14(16)10-11-15-7-4-5-9-17(13)15;2*1-2/h2-11,13H,12H2,1H3;1-2H3;2H,1H3/b11-10-;;. The lowest BCUT2D eigenvalue weighted by Gasteiger charge is -2.18. The number of benzene rings is 2. The predicted octanol–water partition coefficient (Wildman–Crippen LogP) is 5.15. The van der Waals surface area contributed by atoms with Crippen molar-refractivity contribution in [3.63, 3.8) is 0 Å². The van der Waals surface area contributed by atoms with Gasteiger partial charge in [0.2, 0.25) is 0 Å². The summed E-state index contributed by atoms with van der Waals surface area (Å²) < 4.78 is 0. The number of hydrogen-bond acceptors (Lipinski definition) is 1. The van der Waals surface area contributed by atoms with Crippen LogP contribution in [0.15, 0.2) is 48.5 Å². The van der Waals surface area contributed by atoms with Crippen molar-refractivity contribution in [2.24, 2.45) is 0 Å². The highest BCUT2D eigenvalue weighted by Gasteiger charge is 2.13. The van der Waals surface area contributed by atoms with Crippen molar-refractivity contribution in [3.05, 3.63) is 70.8 Å². The van der Waals surface area contributed by atoms with E-state index in [4.69, 9.17) is 5.11 Å². The van der Waals surface area contributed by atoms with E-state index in [1.165, 1.54) is 22.3 Å². The maximum atomic E-state index is 7.00. The number of fused-ring (bicyclic) bond motifs is 2. The molecule has 1 aliphatic rings. The summed E-state index contributed by atoms with van der Waals surface area (Å²) in [4.78, 5) is 0. The number of rotatable bonds is 0. The van der Waals surface area contributed by atoms with Gasteiger partial charge in [0.15, 0.2) is 0 Å². The molecule has 112 valence electrons. The van der Waals surface area contributed by atoms with Crippen LogP contribution in [-0.4, -0.2) is 12.2 Å². The molecule has 1 heteroatoms. The Morgan fingerprint density at radius 3 is 2.05 bits per heavy atom. The molecule has 0 fully saturated rings. The molecule has 0 aliphatic heterocycles. The summed E-state index contributed by atoms with van der Waals surface area (Å²) in [6, 6.07) is 17.4. The summed E-state index contributed by atoms with van der Waals surface area (Å²) in [6.07, 6.45) is 5.60. The molecular formula is C20H26O. The second-order valence-corrected chi connectivity index (χ2v) is 4.77. The van der Waals surface area contributed by atoms with Crippen LogP contribution < -0.4 is 0 Å². The van der Waals surface area contributed by atoms with Gasteiger partial charge in [-0.2, -0.15) is 0 Å². The zero-order valence-corrected chi connectivity index (χ0v) is 13.5. The Hall–Kier alpha value is -1.86. The van der Waals surface area contributed by atoms with E-state index >= 15 is 0 Å². The maximum absolute atomic E-state index is 7.00. The van der Waals surface area contributed by atoms with Crippen molar-refractivity contribution < 1.29 is 5.11 Å². The van der Waals surface area contributed by atoms with Gasteiger partial charge >= 0.3 is 0 Å². The summed E-state index contributed by atoms with van der Waals surface area (Å²) >= 11 is 0. The molecule has 1 nitrogen and oxygen atoms in total. The largest absolute Gasteiger partial charge is 0.400 e. The molecule has 1 N–H and O–H groups in total. The lowest BCUT2D eigenvalue weighted by atomic mass is 9.86. The van der Waals surface area contributed by atoms with E-state index in [1.807, 2.05) is 13.8 Å². The normalized spacial score (nSPS) is 16.5. The minimum absolute atomic E-state index is 0.581. The van der Waals surface area contributed by atoms with Gasteiger partial charge in [-0.05, 0) is 34.6 Å². The van der Waals surface area contributed by atoms with Crippen LogP contribution in [0.3, 0.4) is 0 Å². The van der Waals surface area contributed by atoms with Gasteiger partial charge in [0.05, 0.1) is 0 Å². The first-order valence-corrected chi connectivity index (χ1v) is 7.64. The highest BCUT2D eigenvalue weighted by atomic mass is 16.2. The summed E-state index contributed by atoms with van der Waals surface area (Å²) in [5, 5.41) is 7.00. The molecule has 0 saturated carbocycles. The molecule has 1 aliphatic carbocycles. The molecule has 0 radical (unpaired) electrons. The second kappa shape index (κ2) is 9.15. The van der Waals surface area contributed by atoms with Crippen molar-refractivity contribution >= 4 is 12.2 Å². The molecule has 3 rings (SSSR count). The molecule has 2 aromatic rings. The number of aliphatic hydroxyl groups excluding tert-OH is 1. The average molecular weight is 282 g/mol. The molecule has 2 aromatic carbocycles.